The molecule has 0 aromatic carbocycles. The number of piperazine rings is 1. The third-order valence-corrected chi connectivity index (χ3v) is 5.45. The summed E-state index contributed by atoms with van der Waals surface area (Å²) < 4.78 is 2.46. The molecule has 0 N–H and O–H groups in total. The number of nitrogens with zero attached hydrogens (tertiary/aromatic N) is 6. The van der Waals surface area contributed by atoms with Crippen LogP contribution in [-0.2, 0) is 26.1 Å². The van der Waals surface area contributed by atoms with Gasteiger partial charge in [0.1, 0.15) is 5.82 Å². The van der Waals surface area contributed by atoms with Crippen molar-refractivity contribution < 1.29 is 0 Å². The lowest BCUT2D eigenvalue weighted by atomic mass is 10.2. The van der Waals surface area contributed by atoms with E-state index >= 15 is 0 Å². The third-order valence-electron chi connectivity index (χ3n) is 5.45. The summed E-state index contributed by atoms with van der Waals surface area (Å²) in [5, 5.41) is 0. The number of rotatable bonds is 4. The van der Waals surface area contributed by atoms with Crippen LogP contribution in [0.5, 0.6) is 0 Å². The first-order chi connectivity index (χ1) is 12.3. The first-order valence-corrected chi connectivity index (χ1v) is 9.33. The summed E-state index contributed by atoms with van der Waals surface area (Å²) in [6, 6.07) is 4.23. The summed E-state index contributed by atoms with van der Waals surface area (Å²) in [6.45, 7) is 9.89. The lowest BCUT2D eigenvalue weighted by Gasteiger charge is -2.32. The fourth-order valence-electron chi connectivity index (χ4n) is 3.80. The molecule has 4 rings (SSSR count). The molecule has 0 saturated carbocycles. The highest BCUT2D eigenvalue weighted by molar-refractivity contribution is 5.11. The van der Waals surface area contributed by atoms with Crippen LogP contribution in [0.1, 0.15) is 17.1 Å². The van der Waals surface area contributed by atoms with Gasteiger partial charge < -0.3 is 9.47 Å². The highest BCUT2D eigenvalue weighted by Crippen LogP contribution is 2.16. The van der Waals surface area contributed by atoms with Gasteiger partial charge in [-0.05, 0) is 24.7 Å². The Morgan fingerprint density at radius 3 is 2.40 bits per heavy atom. The molecule has 0 aliphatic carbocycles. The predicted octanol–water partition coefficient (Wildman–Crippen LogP) is 1.08. The standard InChI is InChI=1S/C19H28N6/c1-22-8-10-24(11-9-22)16-18-14-21-19-4-7-23(12-13-25(18)19)15-17-2-5-20-6-3-17/h2-3,5-6,14H,4,7-13,15-16H2,1H3. The van der Waals surface area contributed by atoms with Crippen molar-refractivity contribution in [3.05, 3.63) is 47.8 Å². The van der Waals surface area contributed by atoms with Gasteiger partial charge in [-0.1, -0.05) is 0 Å². The number of pyridine rings is 1. The second-order valence-electron chi connectivity index (χ2n) is 7.28. The summed E-state index contributed by atoms with van der Waals surface area (Å²) in [4.78, 5) is 16.3. The highest BCUT2D eigenvalue weighted by atomic mass is 15.3. The molecule has 2 aliphatic heterocycles. The fraction of sp³-hybridized carbons (Fsp3) is 0.579. The molecule has 134 valence electrons. The van der Waals surface area contributed by atoms with Gasteiger partial charge in [-0.2, -0.15) is 0 Å². The summed E-state index contributed by atoms with van der Waals surface area (Å²) in [5.41, 5.74) is 2.72. The minimum Gasteiger partial charge on any atom is -0.329 e. The number of hydrogen-bond acceptors (Lipinski definition) is 5. The molecule has 1 saturated heterocycles. The molecular formula is C19H28N6. The Morgan fingerprint density at radius 2 is 1.60 bits per heavy atom. The van der Waals surface area contributed by atoms with Gasteiger partial charge in [0.15, 0.2) is 0 Å². The Hall–Kier alpha value is -1.76. The van der Waals surface area contributed by atoms with Crippen LogP contribution in [0.15, 0.2) is 30.7 Å². The smallest absolute Gasteiger partial charge is 0.110 e. The van der Waals surface area contributed by atoms with Crippen molar-refractivity contribution in [3.8, 4) is 0 Å². The molecule has 0 spiro atoms. The average Bonchev–Trinajstić information content (AvgIpc) is 2.90. The minimum absolute atomic E-state index is 1.00. The predicted molar refractivity (Wildman–Crippen MR) is 98.2 cm³/mol. The lowest BCUT2D eigenvalue weighted by molar-refractivity contribution is 0.145. The van der Waals surface area contributed by atoms with Crippen molar-refractivity contribution in [1.82, 2.24) is 29.2 Å². The van der Waals surface area contributed by atoms with Gasteiger partial charge in [0.05, 0.1) is 5.69 Å². The van der Waals surface area contributed by atoms with E-state index < -0.39 is 0 Å². The van der Waals surface area contributed by atoms with E-state index in [1.807, 2.05) is 12.4 Å². The first-order valence-electron chi connectivity index (χ1n) is 9.33. The van der Waals surface area contributed by atoms with Crippen LogP contribution >= 0.6 is 0 Å². The Labute approximate surface area is 150 Å². The van der Waals surface area contributed by atoms with Crippen molar-refractivity contribution in [1.29, 1.82) is 0 Å². The molecule has 1 fully saturated rings. The zero-order valence-electron chi connectivity index (χ0n) is 15.1. The summed E-state index contributed by atoms with van der Waals surface area (Å²) in [6.07, 6.45) is 6.90. The van der Waals surface area contributed by atoms with E-state index in [0.29, 0.717) is 0 Å². The molecule has 4 heterocycles. The zero-order valence-corrected chi connectivity index (χ0v) is 15.1. The molecule has 0 atom stereocenters. The van der Waals surface area contributed by atoms with Crippen molar-refractivity contribution in [2.24, 2.45) is 0 Å². The summed E-state index contributed by atoms with van der Waals surface area (Å²) >= 11 is 0. The maximum atomic E-state index is 4.73. The van der Waals surface area contributed by atoms with Crippen LogP contribution in [0.4, 0.5) is 0 Å². The van der Waals surface area contributed by atoms with Crippen LogP contribution in [0, 0.1) is 0 Å². The van der Waals surface area contributed by atoms with Gasteiger partial charge in [0.2, 0.25) is 0 Å². The van der Waals surface area contributed by atoms with Gasteiger partial charge in [0.25, 0.3) is 0 Å². The van der Waals surface area contributed by atoms with Gasteiger partial charge in [-0.25, -0.2) is 4.98 Å². The molecule has 0 bridgehead atoms. The van der Waals surface area contributed by atoms with E-state index in [0.717, 1.165) is 52.2 Å². The topological polar surface area (TPSA) is 40.4 Å². The Bertz CT molecular complexity index is 674. The molecule has 0 amide bonds. The molecule has 0 radical (unpaired) electrons. The molecule has 2 aliphatic rings. The quantitative estimate of drug-likeness (QED) is 0.833. The second-order valence-corrected chi connectivity index (χ2v) is 7.28. The Kier molecular flexibility index (Phi) is 5.10. The number of aromatic nitrogens is 3. The average molecular weight is 340 g/mol. The normalized spacial score (nSPS) is 20.4. The fourth-order valence-corrected chi connectivity index (χ4v) is 3.80. The Balaban J connectivity index is 1.38. The number of imidazole rings is 1. The van der Waals surface area contributed by atoms with Crippen LogP contribution in [-0.4, -0.2) is 75.6 Å². The maximum absolute atomic E-state index is 4.73. The molecule has 25 heavy (non-hydrogen) atoms. The third kappa shape index (κ3) is 4.08. The van der Waals surface area contributed by atoms with Gasteiger partial charge in [-0.3, -0.25) is 14.8 Å². The maximum Gasteiger partial charge on any atom is 0.110 e. The van der Waals surface area contributed by atoms with E-state index in [1.165, 1.54) is 30.2 Å². The SMILES string of the molecule is CN1CCN(Cc2cnc3n2CCN(Cc2ccncc2)CC3)CC1. The van der Waals surface area contributed by atoms with E-state index in [1.54, 1.807) is 0 Å². The molecular weight excluding hydrogens is 312 g/mol. The van der Waals surface area contributed by atoms with Crippen molar-refractivity contribution in [2.75, 3.05) is 46.3 Å². The molecule has 6 nitrogen and oxygen atoms in total. The van der Waals surface area contributed by atoms with Gasteiger partial charge in [-0.15, -0.1) is 0 Å². The van der Waals surface area contributed by atoms with Crippen molar-refractivity contribution in [2.45, 2.75) is 26.1 Å². The van der Waals surface area contributed by atoms with Crippen molar-refractivity contribution in [3.63, 3.8) is 0 Å². The summed E-state index contributed by atoms with van der Waals surface area (Å²) in [7, 11) is 2.21. The monoisotopic (exact) mass is 340 g/mol. The first kappa shape index (κ1) is 16.7. The zero-order chi connectivity index (χ0) is 17.1. The lowest BCUT2D eigenvalue weighted by Crippen LogP contribution is -2.44. The second kappa shape index (κ2) is 7.64. The number of fused-ring (bicyclic) bond motifs is 1. The van der Waals surface area contributed by atoms with Gasteiger partial charge >= 0.3 is 0 Å². The van der Waals surface area contributed by atoms with Crippen LogP contribution < -0.4 is 0 Å². The van der Waals surface area contributed by atoms with E-state index in [9.17, 15) is 0 Å². The molecule has 0 unspecified atom stereocenters. The molecule has 6 heteroatoms. The van der Waals surface area contributed by atoms with E-state index in [2.05, 4.69) is 49.6 Å². The van der Waals surface area contributed by atoms with Crippen LogP contribution in [0.25, 0.3) is 0 Å². The largest absolute Gasteiger partial charge is 0.329 e. The van der Waals surface area contributed by atoms with Gasteiger partial charge in [0, 0.05) is 83.9 Å². The van der Waals surface area contributed by atoms with E-state index in [4.69, 9.17) is 4.98 Å². The minimum atomic E-state index is 1.00. The van der Waals surface area contributed by atoms with Crippen molar-refractivity contribution >= 4 is 0 Å². The number of likely N-dealkylation sites (N-methyl/N-ethyl adjacent to an activating group) is 1. The number of hydrogen-bond donors (Lipinski definition) is 0. The molecule has 2 aromatic rings. The Morgan fingerprint density at radius 1 is 0.880 bits per heavy atom. The summed E-state index contributed by atoms with van der Waals surface area (Å²) in [5.74, 6) is 1.25. The highest BCUT2D eigenvalue weighted by Gasteiger charge is 2.20. The van der Waals surface area contributed by atoms with Crippen LogP contribution in [0.3, 0.4) is 0 Å². The van der Waals surface area contributed by atoms with Crippen LogP contribution in [0.2, 0.25) is 0 Å². The van der Waals surface area contributed by atoms with E-state index in [-0.39, 0.29) is 0 Å². The molecule has 2 aromatic heterocycles.